The molecule has 30 heavy (non-hydrogen) atoms. The maximum Gasteiger partial charge on any atom is 0.335 e. The molecule has 0 radical (unpaired) electrons. The van der Waals surface area contributed by atoms with Crippen molar-refractivity contribution in [3.63, 3.8) is 0 Å². The summed E-state index contributed by atoms with van der Waals surface area (Å²) in [4.78, 5) is 50.3. The van der Waals surface area contributed by atoms with Crippen LogP contribution in [0.2, 0.25) is 0 Å². The number of carbonyl (C=O) groups is 4. The van der Waals surface area contributed by atoms with Gasteiger partial charge in [0.2, 0.25) is 5.91 Å². The van der Waals surface area contributed by atoms with Crippen LogP contribution in [0.25, 0.3) is 17.0 Å². The van der Waals surface area contributed by atoms with Gasteiger partial charge >= 0.3 is 6.03 Å². The number of fused-ring (bicyclic) bond motifs is 1. The summed E-state index contributed by atoms with van der Waals surface area (Å²) in [5.41, 5.74) is 7.55. The molecule has 2 heterocycles. The highest BCUT2D eigenvalue weighted by Crippen LogP contribution is 2.27. The number of amides is 5. The van der Waals surface area contributed by atoms with Crippen molar-refractivity contribution >= 4 is 46.4 Å². The Morgan fingerprint density at radius 1 is 1.07 bits per heavy atom. The van der Waals surface area contributed by atoms with Gasteiger partial charge < -0.3 is 10.3 Å². The average Bonchev–Trinajstić information content (AvgIpc) is 3.03. The molecule has 3 aromatic rings. The first-order valence-corrected chi connectivity index (χ1v) is 9.20. The SMILES string of the molecule is Cc1ccccc1N1C(=O)NC(=O)C(=Cc2cn(CC(N)=O)c3ccccc23)C1=O. The summed E-state index contributed by atoms with van der Waals surface area (Å²) in [5, 5.41) is 2.96. The summed E-state index contributed by atoms with van der Waals surface area (Å²) in [6.45, 7) is 1.73. The first-order chi connectivity index (χ1) is 14.4. The van der Waals surface area contributed by atoms with Crippen molar-refractivity contribution in [1.29, 1.82) is 0 Å². The van der Waals surface area contributed by atoms with Crippen LogP contribution in [0.5, 0.6) is 0 Å². The number of anilines is 1. The minimum atomic E-state index is -0.799. The van der Waals surface area contributed by atoms with E-state index >= 15 is 0 Å². The van der Waals surface area contributed by atoms with Gasteiger partial charge in [-0.1, -0.05) is 36.4 Å². The van der Waals surface area contributed by atoms with Gasteiger partial charge in [0, 0.05) is 22.7 Å². The molecular weight excluding hydrogens is 384 g/mol. The summed E-state index contributed by atoms with van der Waals surface area (Å²) in [5.74, 6) is -2.01. The van der Waals surface area contributed by atoms with Crippen LogP contribution in [0.3, 0.4) is 0 Å². The predicted octanol–water partition coefficient (Wildman–Crippen LogP) is 2.10. The van der Waals surface area contributed by atoms with E-state index in [0.717, 1.165) is 15.8 Å². The molecule has 1 fully saturated rings. The molecule has 0 spiro atoms. The highest BCUT2D eigenvalue weighted by molar-refractivity contribution is 6.39. The fourth-order valence-corrected chi connectivity index (χ4v) is 3.53. The minimum absolute atomic E-state index is 0.0440. The van der Waals surface area contributed by atoms with Gasteiger partial charge in [-0.05, 0) is 30.7 Å². The number of urea groups is 1. The molecule has 3 N–H and O–H groups in total. The molecule has 0 atom stereocenters. The summed E-state index contributed by atoms with van der Waals surface area (Å²) >= 11 is 0. The topological polar surface area (TPSA) is 114 Å². The van der Waals surface area contributed by atoms with Gasteiger partial charge in [0.15, 0.2) is 0 Å². The number of aryl methyl sites for hydroxylation is 1. The molecule has 150 valence electrons. The Morgan fingerprint density at radius 3 is 2.50 bits per heavy atom. The minimum Gasteiger partial charge on any atom is -0.368 e. The molecule has 0 aliphatic carbocycles. The second-order valence-corrected chi connectivity index (χ2v) is 6.94. The van der Waals surface area contributed by atoms with E-state index in [2.05, 4.69) is 5.32 Å². The molecule has 8 heteroatoms. The van der Waals surface area contributed by atoms with Crippen molar-refractivity contribution in [1.82, 2.24) is 9.88 Å². The molecule has 1 aliphatic heterocycles. The van der Waals surface area contributed by atoms with Crippen LogP contribution in [0.4, 0.5) is 10.5 Å². The van der Waals surface area contributed by atoms with Gasteiger partial charge in [-0.25, -0.2) is 9.69 Å². The molecule has 5 amide bonds. The van der Waals surface area contributed by atoms with E-state index in [-0.39, 0.29) is 12.1 Å². The number of hydrogen-bond acceptors (Lipinski definition) is 4. The lowest BCUT2D eigenvalue weighted by molar-refractivity contribution is -0.122. The zero-order valence-corrected chi connectivity index (χ0v) is 16.1. The number of barbiturate groups is 1. The number of para-hydroxylation sites is 2. The molecule has 0 saturated carbocycles. The van der Waals surface area contributed by atoms with Crippen molar-refractivity contribution < 1.29 is 19.2 Å². The van der Waals surface area contributed by atoms with Crippen molar-refractivity contribution in [2.45, 2.75) is 13.5 Å². The molecule has 1 aliphatic rings. The second-order valence-electron chi connectivity index (χ2n) is 6.94. The number of aromatic nitrogens is 1. The highest BCUT2D eigenvalue weighted by Gasteiger charge is 2.37. The number of carbonyl (C=O) groups excluding carboxylic acids is 4. The van der Waals surface area contributed by atoms with Crippen molar-refractivity contribution in [3.8, 4) is 0 Å². The molecule has 8 nitrogen and oxygen atoms in total. The third kappa shape index (κ3) is 3.24. The molecular formula is C22H18N4O4. The summed E-state index contributed by atoms with van der Waals surface area (Å²) in [7, 11) is 0. The van der Waals surface area contributed by atoms with Gasteiger partial charge in [-0.15, -0.1) is 0 Å². The Labute approximate surface area is 171 Å². The molecule has 1 saturated heterocycles. The number of nitrogens with one attached hydrogen (secondary N) is 1. The van der Waals surface area contributed by atoms with E-state index < -0.39 is 23.8 Å². The third-order valence-corrected chi connectivity index (χ3v) is 4.90. The Morgan fingerprint density at radius 2 is 1.77 bits per heavy atom. The van der Waals surface area contributed by atoms with E-state index in [1.54, 1.807) is 42.0 Å². The lowest BCUT2D eigenvalue weighted by Crippen LogP contribution is -2.54. The van der Waals surface area contributed by atoms with Gasteiger partial charge in [0.1, 0.15) is 12.1 Å². The van der Waals surface area contributed by atoms with Crippen LogP contribution in [-0.4, -0.2) is 28.3 Å². The average molecular weight is 402 g/mol. The Bertz CT molecular complexity index is 1260. The summed E-state index contributed by atoms with van der Waals surface area (Å²) < 4.78 is 1.65. The van der Waals surface area contributed by atoms with Crippen LogP contribution < -0.4 is 16.0 Å². The van der Waals surface area contributed by atoms with Crippen LogP contribution in [0.15, 0.2) is 60.3 Å². The number of nitrogens with two attached hydrogens (primary N) is 1. The normalized spacial score (nSPS) is 15.7. The third-order valence-electron chi connectivity index (χ3n) is 4.90. The molecule has 4 rings (SSSR count). The Kier molecular flexibility index (Phi) is 4.67. The van der Waals surface area contributed by atoms with Crippen LogP contribution >= 0.6 is 0 Å². The largest absolute Gasteiger partial charge is 0.368 e. The standard InChI is InChI=1S/C22H18N4O4/c1-13-6-2-4-8-17(13)26-21(29)16(20(28)24-22(26)30)10-14-11-25(12-19(23)27)18-9-5-3-7-15(14)18/h2-11H,12H2,1H3,(H2,23,27)(H,24,28,30). The van der Waals surface area contributed by atoms with Gasteiger partial charge in [-0.2, -0.15) is 0 Å². The van der Waals surface area contributed by atoms with E-state index in [0.29, 0.717) is 16.8 Å². The first kappa shape index (κ1) is 19.1. The first-order valence-electron chi connectivity index (χ1n) is 9.20. The zero-order chi connectivity index (χ0) is 21.4. The number of hydrogen-bond donors (Lipinski definition) is 2. The van der Waals surface area contributed by atoms with Crippen molar-refractivity contribution in [3.05, 3.63) is 71.4 Å². The van der Waals surface area contributed by atoms with Crippen molar-refractivity contribution in [2.24, 2.45) is 5.73 Å². The molecule has 0 bridgehead atoms. The summed E-state index contributed by atoms with van der Waals surface area (Å²) in [6.07, 6.45) is 3.08. The number of benzene rings is 2. The number of primary amides is 1. The monoisotopic (exact) mass is 402 g/mol. The summed E-state index contributed by atoms with van der Waals surface area (Å²) in [6, 6.07) is 13.4. The highest BCUT2D eigenvalue weighted by atomic mass is 16.2. The van der Waals surface area contributed by atoms with Crippen LogP contribution in [0, 0.1) is 6.92 Å². The Hall–Kier alpha value is -4.20. The Balaban J connectivity index is 1.82. The maximum absolute atomic E-state index is 13.1. The van der Waals surface area contributed by atoms with Gasteiger partial charge in [0.25, 0.3) is 11.8 Å². The molecule has 1 aromatic heterocycles. The van der Waals surface area contributed by atoms with E-state index in [1.807, 2.05) is 24.3 Å². The van der Waals surface area contributed by atoms with Crippen LogP contribution in [-0.2, 0) is 20.9 Å². The number of nitrogens with zero attached hydrogens (tertiary/aromatic N) is 2. The smallest absolute Gasteiger partial charge is 0.335 e. The van der Waals surface area contributed by atoms with Crippen LogP contribution in [0.1, 0.15) is 11.1 Å². The maximum atomic E-state index is 13.1. The molecule has 0 unspecified atom stereocenters. The van der Waals surface area contributed by atoms with E-state index in [9.17, 15) is 19.2 Å². The number of rotatable bonds is 4. The number of imide groups is 2. The second kappa shape index (κ2) is 7.32. The fraction of sp³-hybridized carbons (Fsp3) is 0.0909. The van der Waals surface area contributed by atoms with E-state index in [1.165, 1.54) is 6.08 Å². The fourth-order valence-electron chi connectivity index (χ4n) is 3.53. The van der Waals surface area contributed by atoms with E-state index in [4.69, 9.17) is 5.73 Å². The lowest BCUT2D eigenvalue weighted by atomic mass is 10.1. The quantitative estimate of drug-likeness (QED) is 0.514. The van der Waals surface area contributed by atoms with Gasteiger partial charge in [0.05, 0.1) is 5.69 Å². The zero-order valence-electron chi connectivity index (χ0n) is 16.1. The van der Waals surface area contributed by atoms with Crippen molar-refractivity contribution in [2.75, 3.05) is 4.90 Å². The molecule has 2 aromatic carbocycles. The van der Waals surface area contributed by atoms with Gasteiger partial charge in [-0.3, -0.25) is 19.7 Å². The predicted molar refractivity (Wildman–Crippen MR) is 111 cm³/mol. The lowest BCUT2D eigenvalue weighted by Gasteiger charge is -2.27.